The van der Waals surface area contributed by atoms with E-state index in [1.54, 1.807) is 24.3 Å². The van der Waals surface area contributed by atoms with Gasteiger partial charge < -0.3 is 14.0 Å². The average Bonchev–Trinajstić information content (AvgIpc) is 3.07. The molecule has 0 aliphatic rings. The number of aromatic nitrogens is 2. The molecular weight excluding hydrogens is 330 g/mol. The predicted octanol–water partition coefficient (Wildman–Crippen LogP) is 4.38. The Balaban J connectivity index is 1.84. The van der Waals surface area contributed by atoms with E-state index in [0.717, 1.165) is 0 Å². The molecule has 0 aliphatic carbocycles. The van der Waals surface area contributed by atoms with Crippen molar-refractivity contribution in [1.82, 2.24) is 10.1 Å². The minimum Gasteiger partial charge on any atom is -0.479 e. The largest absolute Gasteiger partial charge is 0.479 e. The minimum absolute atomic E-state index is 0.0527. The van der Waals surface area contributed by atoms with E-state index in [0.29, 0.717) is 17.3 Å². The molecule has 0 bridgehead atoms. The van der Waals surface area contributed by atoms with Crippen LogP contribution >= 0.6 is 0 Å². The lowest BCUT2D eigenvalue weighted by Crippen LogP contribution is -2.07. The van der Waals surface area contributed by atoms with Gasteiger partial charge in [-0.05, 0) is 32.0 Å². The average molecular weight is 346 g/mol. The van der Waals surface area contributed by atoms with Crippen LogP contribution in [0.2, 0.25) is 0 Å². The summed E-state index contributed by atoms with van der Waals surface area (Å²) in [6, 6.07) is 8.93. The highest BCUT2D eigenvalue weighted by atomic mass is 19.1. The van der Waals surface area contributed by atoms with Gasteiger partial charge in [0.2, 0.25) is 5.88 Å². The van der Waals surface area contributed by atoms with Gasteiger partial charge in [-0.3, -0.25) is 0 Å². The van der Waals surface area contributed by atoms with Crippen molar-refractivity contribution in [3.05, 3.63) is 60.0 Å². The number of halogens is 2. The Hall–Kier alpha value is -2.96. The van der Waals surface area contributed by atoms with Crippen LogP contribution in [0.5, 0.6) is 11.6 Å². The van der Waals surface area contributed by atoms with Crippen LogP contribution in [0.25, 0.3) is 11.3 Å². The maximum Gasteiger partial charge on any atom is 0.214 e. The quantitative estimate of drug-likeness (QED) is 0.663. The number of ether oxygens (including phenoxy) is 2. The molecule has 0 N–H and O–H groups in total. The second-order valence-corrected chi connectivity index (χ2v) is 5.56. The third-order valence-electron chi connectivity index (χ3n) is 3.22. The number of benzene rings is 1. The third-order valence-corrected chi connectivity index (χ3v) is 3.22. The second kappa shape index (κ2) is 7.29. The monoisotopic (exact) mass is 346 g/mol. The summed E-state index contributed by atoms with van der Waals surface area (Å²) in [5.74, 6) is -1.38. The molecule has 7 heteroatoms. The van der Waals surface area contributed by atoms with Crippen molar-refractivity contribution in [2.45, 2.75) is 26.6 Å². The first-order valence-corrected chi connectivity index (χ1v) is 7.68. The molecule has 5 nitrogen and oxygen atoms in total. The van der Waals surface area contributed by atoms with Crippen LogP contribution in [0.4, 0.5) is 8.78 Å². The lowest BCUT2D eigenvalue weighted by molar-refractivity contribution is 0.230. The molecule has 0 saturated heterocycles. The summed E-state index contributed by atoms with van der Waals surface area (Å²) in [5.41, 5.74) is 0.689. The highest BCUT2D eigenvalue weighted by Crippen LogP contribution is 2.29. The van der Waals surface area contributed by atoms with Gasteiger partial charge in [0, 0.05) is 17.7 Å². The summed E-state index contributed by atoms with van der Waals surface area (Å²) >= 11 is 0. The highest BCUT2D eigenvalue weighted by Gasteiger charge is 2.15. The second-order valence-electron chi connectivity index (χ2n) is 5.56. The number of nitrogens with zero attached hydrogens (tertiary/aromatic N) is 2. The Morgan fingerprint density at radius 2 is 1.88 bits per heavy atom. The van der Waals surface area contributed by atoms with E-state index in [1.165, 1.54) is 18.3 Å². The van der Waals surface area contributed by atoms with E-state index in [2.05, 4.69) is 10.1 Å². The standard InChI is InChI=1S/C18H16F2N2O3/c1-11(2)24-17-5-3-4-16(22-17)12-8-14(19)18(15(20)9-12)23-10-13-6-7-21-25-13/h3-9,11H,10H2,1-2H3. The smallest absolute Gasteiger partial charge is 0.214 e. The molecule has 1 aromatic carbocycles. The normalized spacial score (nSPS) is 10.9. The molecule has 25 heavy (non-hydrogen) atoms. The molecule has 0 unspecified atom stereocenters. The van der Waals surface area contributed by atoms with Crippen molar-refractivity contribution in [3.63, 3.8) is 0 Å². The van der Waals surface area contributed by atoms with Crippen molar-refractivity contribution in [1.29, 1.82) is 0 Å². The van der Waals surface area contributed by atoms with Gasteiger partial charge in [0.05, 0.1) is 18.0 Å². The zero-order valence-corrected chi connectivity index (χ0v) is 13.7. The number of rotatable bonds is 6. The summed E-state index contributed by atoms with van der Waals surface area (Å²) < 4.78 is 44.0. The fourth-order valence-corrected chi connectivity index (χ4v) is 2.19. The molecule has 0 aliphatic heterocycles. The van der Waals surface area contributed by atoms with Crippen LogP contribution in [0.3, 0.4) is 0 Å². The lowest BCUT2D eigenvalue weighted by atomic mass is 10.1. The topological polar surface area (TPSA) is 57.4 Å². The van der Waals surface area contributed by atoms with Crippen LogP contribution in [-0.4, -0.2) is 16.2 Å². The van der Waals surface area contributed by atoms with Gasteiger partial charge in [0.15, 0.2) is 23.1 Å². The maximum absolute atomic E-state index is 14.3. The molecule has 0 fully saturated rings. The molecule has 2 aromatic heterocycles. The van der Waals surface area contributed by atoms with Crippen LogP contribution < -0.4 is 9.47 Å². The Bertz CT molecular complexity index is 828. The molecule has 0 amide bonds. The van der Waals surface area contributed by atoms with Crippen LogP contribution in [0.1, 0.15) is 19.6 Å². The summed E-state index contributed by atoms with van der Waals surface area (Å²) in [6.45, 7) is 3.62. The number of hydrogen-bond acceptors (Lipinski definition) is 5. The first-order valence-electron chi connectivity index (χ1n) is 7.68. The van der Waals surface area contributed by atoms with Gasteiger partial charge in [0.25, 0.3) is 0 Å². The van der Waals surface area contributed by atoms with Crippen molar-refractivity contribution < 1.29 is 22.8 Å². The third kappa shape index (κ3) is 4.12. The molecule has 0 radical (unpaired) electrons. The Labute approximate surface area is 143 Å². The molecular formula is C18H16F2N2O3. The molecule has 0 spiro atoms. The van der Waals surface area contributed by atoms with Gasteiger partial charge in [-0.2, -0.15) is 0 Å². The zero-order chi connectivity index (χ0) is 17.8. The summed E-state index contributed by atoms with van der Waals surface area (Å²) in [6.07, 6.45) is 1.37. The molecule has 3 rings (SSSR count). The molecule has 2 heterocycles. The summed E-state index contributed by atoms with van der Waals surface area (Å²) in [7, 11) is 0. The number of hydrogen-bond donors (Lipinski definition) is 0. The first-order chi connectivity index (χ1) is 12.0. The van der Waals surface area contributed by atoms with Crippen molar-refractivity contribution in [3.8, 4) is 22.9 Å². The van der Waals surface area contributed by atoms with E-state index >= 15 is 0 Å². The maximum atomic E-state index is 14.3. The Kier molecular flexibility index (Phi) is 4.92. The first kappa shape index (κ1) is 16.9. The zero-order valence-electron chi connectivity index (χ0n) is 13.7. The van der Waals surface area contributed by atoms with Crippen LogP contribution in [0.15, 0.2) is 47.1 Å². The van der Waals surface area contributed by atoms with Crippen molar-refractivity contribution >= 4 is 0 Å². The van der Waals surface area contributed by atoms with E-state index in [9.17, 15) is 8.78 Å². The van der Waals surface area contributed by atoms with Gasteiger partial charge >= 0.3 is 0 Å². The van der Waals surface area contributed by atoms with E-state index < -0.39 is 17.4 Å². The van der Waals surface area contributed by atoms with Gasteiger partial charge in [-0.15, -0.1) is 0 Å². The molecule has 0 saturated carbocycles. The summed E-state index contributed by atoms with van der Waals surface area (Å²) in [4.78, 5) is 4.26. The van der Waals surface area contributed by atoms with Gasteiger partial charge in [0.1, 0.15) is 6.61 Å². The molecule has 0 atom stereocenters. The molecule has 130 valence electrons. The van der Waals surface area contributed by atoms with Crippen LogP contribution in [-0.2, 0) is 6.61 Å². The van der Waals surface area contributed by atoms with E-state index in [-0.39, 0.29) is 18.3 Å². The SMILES string of the molecule is CC(C)Oc1cccc(-c2cc(F)c(OCc3ccno3)c(F)c2)n1. The Morgan fingerprint density at radius 3 is 2.52 bits per heavy atom. The Morgan fingerprint density at radius 1 is 1.12 bits per heavy atom. The van der Waals surface area contributed by atoms with Crippen molar-refractivity contribution in [2.75, 3.05) is 0 Å². The van der Waals surface area contributed by atoms with Crippen molar-refractivity contribution in [2.24, 2.45) is 0 Å². The molecule has 3 aromatic rings. The fourth-order valence-electron chi connectivity index (χ4n) is 2.19. The minimum atomic E-state index is -0.827. The lowest BCUT2D eigenvalue weighted by Gasteiger charge is -2.11. The van der Waals surface area contributed by atoms with E-state index in [1.807, 2.05) is 13.8 Å². The predicted molar refractivity (Wildman–Crippen MR) is 86.2 cm³/mol. The van der Waals surface area contributed by atoms with Gasteiger partial charge in [-0.25, -0.2) is 13.8 Å². The van der Waals surface area contributed by atoms with Crippen LogP contribution in [0, 0.1) is 11.6 Å². The van der Waals surface area contributed by atoms with Gasteiger partial charge in [-0.1, -0.05) is 11.2 Å². The highest BCUT2D eigenvalue weighted by molar-refractivity contribution is 5.61. The van der Waals surface area contributed by atoms with E-state index in [4.69, 9.17) is 14.0 Å². The fraction of sp³-hybridized carbons (Fsp3) is 0.222. The number of pyridine rings is 1. The summed E-state index contributed by atoms with van der Waals surface area (Å²) in [5, 5.41) is 3.50.